The van der Waals surface area contributed by atoms with Gasteiger partial charge in [-0.3, -0.25) is 4.57 Å². The first-order valence-corrected chi connectivity index (χ1v) is 9.02. The van der Waals surface area contributed by atoms with Crippen molar-refractivity contribution in [2.75, 3.05) is 31.2 Å². The van der Waals surface area contributed by atoms with Crippen LogP contribution in [-0.2, 0) is 11.3 Å². The molecule has 0 bridgehead atoms. The summed E-state index contributed by atoms with van der Waals surface area (Å²) in [7, 11) is 0. The normalized spacial score (nSPS) is 15.0. The van der Waals surface area contributed by atoms with E-state index in [2.05, 4.69) is 25.1 Å². The van der Waals surface area contributed by atoms with E-state index in [-0.39, 0.29) is 0 Å². The minimum atomic E-state index is -0.932. The van der Waals surface area contributed by atoms with Crippen molar-refractivity contribution in [2.24, 2.45) is 0 Å². The molecule has 0 saturated carbocycles. The molecule has 4 rings (SSSR count). The van der Waals surface area contributed by atoms with Crippen molar-refractivity contribution in [1.29, 1.82) is 0 Å². The zero-order valence-electron chi connectivity index (χ0n) is 14.0. The van der Waals surface area contributed by atoms with Crippen molar-refractivity contribution in [3.05, 3.63) is 30.1 Å². The van der Waals surface area contributed by atoms with Crippen LogP contribution in [0.25, 0.3) is 10.9 Å². The van der Waals surface area contributed by atoms with Gasteiger partial charge in [-0.05, 0) is 24.8 Å². The zero-order chi connectivity index (χ0) is 18.1. The molecule has 0 atom stereocenters. The number of hydrogen-bond acceptors (Lipinski definition) is 7. The Morgan fingerprint density at radius 2 is 1.88 bits per heavy atom. The van der Waals surface area contributed by atoms with E-state index in [1.165, 1.54) is 18.1 Å². The van der Waals surface area contributed by atoms with Gasteiger partial charge in [0, 0.05) is 31.1 Å². The summed E-state index contributed by atoms with van der Waals surface area (Å²) >= 11 is 1.26. The molecule has 2 aromatic heterocycles. The maximum atomic E-state index is 13.7. The van der Waals surface area contributed by atoms with Crippen LogP contribution < -0.4 is 4.90 Å². The highest BCUT2D eigenvalue weighted by Crippen LogP contribution is 2.32. The minimum Gasteiger partial charge on any atom is -0.378 e. The number of morpholine rings is 1. The van der Waals surface area contributed by atoms with Gasteiger partial charge < -0.3 is 9.64 Å². The lowest BCUT2D eigenvalue weighted by atomic mass is 10.2. The molecule has 1 fully saturated rings. The minimum absolute atomic E-state index is 0.345. The van der Waals surface area contributed by atoms with Crippen LogP contribution in [0.3, 0.4) is 0 Å². The maximum Gasteiger partial charge on any atom is 0.228 e. The first kappa shape index (κ1) is 17.1. The van der Waals surface area contributed by atoms with Crippen molar-refractivity contribution in [2.45, 2.75) is 23.7 Å². The lowest BCUT2D eigenvalue weighted by Gasteiger charge is -2.27. The molecule has 136 valence electrons. The Morgan fingerprint density at radius 3 is 2.65 bits per heavy atom. The fraction of sp³-hybridized carbons (Fsp3) is 0.375. The smallest absolute Gasteiger partial charge is 0.228 e. The Morgan fingerprint density at radius 1 is 1.12 bits per heavy atom. The zero-order valence-corrected chi connectivity index (χ0v) is 14.8. The summed E-state index contributed by atoms with van der Waals surface area (Å²) in [5.74, 6) is -1.09. The van der Waals surface area contributed by atoms with Crippen LogP contribution in [0.2, 0.25) is 0 Å². The SMILES string of the molecule is CCn1c(Sc2ncnc3cc(F)c(F)cc23)nnc1N1CCOCC1. The molecule has 0 unspecified atom stereocenters. The van der Waals surface area contributed by atoms with Gasteiger partial charge in [0.25, 0.3) is 0 Å². The third-order valence-electron chi connectivity index (χ3n) is 4.14. The second-order valence-electron chi connectivity index (χ2n) is 5.69. The Balaban J connectivity index is 1.70. The molecule has 10 heteroatoms. The average Bonchev–Trinajstić information content (AvgIpc) is 3.06. The third kappa shape index (κ3) is 3.10. The van der Waals surface area contributed by atoms with Gasteiger partial charge in [-0.2, -0.15) is 0 Å². The largest absolute Gasteiger partial charge is 0.378 e. The molecule has 3 aromatic rings. The van der Waals surface area contributed by atoms with Gasteiger partial charge in [-0.15, -0.1) is 10.2 Å². The number of aromatic nitrogens is 5. The molecule has 0 spiro atoms. The molecule has 1 aliphatic rings. The summed E-state index contributed by atoms with van der Waals surface area (Å²) in [5.41, 5.74) is 0.345. The fourth-order valence-corrected chi connectivity index (χ4v) is 3.77. The lowest BCUT2D eigenvalue weighted by molar-refractivity contribution is 0.121. The highest BCUT2D eigenvalue weighted by molar-refractivity contribution is 7.99. The summed E-state index contributed by atoms with van der Waals surface area (Å²) in [6.07, 6.45) is 1.33. The third-order valence-corrected chi connectivity index (χ3v) is 5.14. The number of fused-ring (bicyclic) bond motifs is 1. The van der Waals surface area contributed by atoms with E-state index in [1.807, 2.05) is 11.5 Å². The summed E-state index contributed by atoms with van der Waals surface area (Å²) < 4.78 is 34.5. The number of ether oxygens (including phenoxy) is 1. The molecule has 0 aliphatic carbocycles. The molecular formula is C16H16F2N6OS. The van der Waals surface area contributed by atoms with Crippen molar-refractivity contribution in [1.82, 2.24) is 24.7 Å². The Bertz CT molecular complexity index is 944. The summed E-state index contributed by atoms with van der Waals surface area (Å²) in [5, 5.41) is 10.2. The highest BCUT2D eigenvalue weighted by Gasteiger charge is 2.21. The topological polar surface area (TPSA) is 69.0 Å². The number of rotatable bonds is 4. The molecule has 1 saturated heterocycles. The lowest BCUT2D eigenvalue weighted by Crippen LogP contribution is -2.38. The van der Waals surface area contributed by atoms with Crippen molar-refractivity contribution in [3.8, 4) is 0 Å². The predicted molar refractivity (Wildman–Crippen MR) is 92.3 cm³/mol. The second-order valence-corrected chi connectivity index (χ2v) is 6.65. The number of hydrogen-bond donors (Lipinski definition) is 0. The van der Waals surface area contributed by atoms with E-state index >= 15 is 0 Å². The van der Waals surface area contributed by atoms with Crippen LogP contribution in [0, 0.1) is 11.6 Å². The molecule has 0 amide bonds. The monoisotopic (exact) mass is 378 g/mol. The number of nitrogens with zero attached hydrogens (tertiary/aromatic N) is 6. The van der Waals surface area contributed by atoms with Crippen molar-refractivity contribution in [3.63, 3.8) is 0 Å². The van der Waals surface area contributed by atoms with Gasteiger partial charge in [-0.25, -0.2) is 18.7 Å². The maximum absolute atomic E-state index is 13.7. The first-order valence-electron chi connectivity index (χ1n) is 8.21. The average molecular weight is 378 g/mol. The van der Waals surface area contributed by atoms with Crippen LogP contribution >= 0.6 is 11.8 Å². The number of anilines is 1. The molecule has 26 heavy (non-hydrogen) atoms. The van der Waals surface area contributed by atoms with Crippen molar-refractivity contribution < 1.29 is 13.5 Å². The van der Waals surface area contributed by atoms with Crippen LogP contribution in [0.4, 0.5) is 14.7 Å². The summed E-state index contributed by atoms with van der Waals surface area (Å²) in [6.45, 7) is 5.49. The quantitative estimate of drug-likeness (QED) is 0.646. The van der Waals surface area contributed by atoms with Crippen molar-refractivity contribution >= 4 is 28.6 Å². The second kappa shape index (κ2) is 7.12. The van der Waals surface area contributed by atoms with Gasteiger partial charge in [0.1, 0.15) is 11.4 Å². The van der Waals surface area contributed by atoms with Gasteiger partial charge in [0.2, 0.25) is 5.95 Å². The Labute approximate surface area is 152 Å². The van der Waals surface area contributed by atoms with E-state index in [9.17, 15) is 8.78 Å². The van der Waals surface area contributed by atoms with Gasteiger partial charge in [0.05, 0.1) is 18.7 Å². The summed E-state index contributed by atoms with van der Waals surface area (Å²) in [6, 6.07) is 2.18. The van der Waals surface area contributed by atoms with Gasteiger partial charge in [-0.1, -0.05) is 0 Å². The molecule has 1 aliphatic heterocycles. The van der Waals surface area contributed by atoms with Gasteiger partial charge >= 0.3 is 0 Å². The Kier molecular flexibility index (Phi) is 4.68. The number of halogens is 2. The van der Waals surface area contributed by atoms with Gasteiger partial charge in [0.15, 0.2) is 16.8 Å². The van der Waals surface area contributed by atoms with Crippen LogP contribution in [-0.4, -0.2) is 51.0 Å². The van der Waals surface area contributed by atoms with E-state index in [0.29, 0.717) is 40.8 Å². The standard InChI is InChI=1S/C16H16F2N6OS/c1-2-24-15(23-3-5-25-6-4-23)21-22-16(24)26-14-10-7-11(17)12(18)8-13(10)19-9-20-14/h7-9H,2-6H2,1H3. The van der Waals surface area contributed by atoms with Crippen LogP contribution in [0.15, 0.2) is 28.6 Å². The van der Waals surface area contributed by atoms with Crippen LogP contribution in [0.1, 0.15) is 6.92 Å². The molecule has 0 N–H and O–H groups in total. The van der Waals surface area contributed by atoms with E-state index in [0.717, 1.165) is 31.2 Å². The summed E-state index contributed by atoms with van der Waals surface area (Å²) in [4.78, 5) is 10.4. The van der Waals surface area contributed by atoms with E-state index in [4.69, 9.17) is 4.74 Å². The molecule has 7 nitrogen and oxygen atoms in total. The Hall–Kier alpha value is -2.33. The molecular weight excluding hydrogens is 362 g/mol. The fourth-order valence-electron chi connectivity index (χ4n) is 2.83. The molecule has 3 heterocycles. The number of benzene rings is 1. The van der Waals surface area contributed by atoms with Crippen LogP contribution in [0.5, 0.6) is 0 Å². The first-order chi connectivity index (χ1) is 12.7. The van der Waals surface area contributed by atoms with E-state index in [1.54, 1.807) is 0 Å². The molecule has 1 aromatic carbocycles. The molecule has 0 radical (unpaired) electrons. The van der Waals surface area contributed by atoms with E-state index < -0.39 is 11.6 Å². The highest BCUT2D eigenvalue weighted by atomic mass is 32.2. The predicted octanol–water partition coefficient (Wildman–Crippen LogP) is 2.51.